The van der Waals surface area contributed by atoms with Gasteiger partial charge in [0, 0.05) is 0 Å². The SMILES string of the molecule is C=CCCC(N)C(=O)Oc1ccc(OCC2(C(=O)OC)CO2)cc1. The van der Waals surface area contributed by atoms with E-state index >= 15 is 0 Å². The Hall–Kier alpha value is -2.38. The van der Waals surface area contributed by atoms with E-state index in [1.807, 2.05) is 0 Å². The summed E-state index contributed by atoms with van der Waals surface area (Å²) < 4.78 is 20.5. The van der Waals surface area contributed by atoms with Gasteiger partial charge >= 0.3 is 11.9 Å². The molecule has 0 aromatic heterocycles. The van der Waals surface area contributed by atoms with Crippen LogP contribution in [-0.2, 0) is 19.1 Å². The molecule has 7 nitrogen and oxygen atoms in total. The minimum absolute atomic E-state index is 0.0607. The van der Waals surface area contributed by atoms with Crippen molar-refractivity contribution in [2.24, 2.45) is 5.73 Å². The Balaban J connectivity index is 1.83. The second-order valence-corrected chi connectivity index (χ2v) is 5.43. The molecule has 2 atom stereocenters. The second-order valence-electron chi connectivity index (χ2n) is 5.43. The highest BCUT2D eigenvalue weighted by Crippen LogP contribution is 2.30. The Morgan fingerprint density at radius 1 is 1.38 bits per heavy atom. The summed E-state index contributed by atoms with van der Waals surface area (Å²) in [6, 6.07) is 5.75. The van der Waals surface area contributed by atoms with E-state index < -0.39 is 23.6 Å². The zero-order chi connectivity index (χ0) is 17.6. The van der Waals surface area contributed by atoms with E-state index in [9.17, 15) is 9.59 Å². The average molecular weight is 335 g/mol. The van der Waals surface area contributed by atoms with Crippen LogP contribution >= 0.6 is 0 Å². The fraction of sp³-hybridized carbons (Fsp3) is 0.412. The van der Waals surface area contributed by atoms with Gasteiger partial charge in [-0.15, -0.1) is 6.58 Å². The number of nitrogens with two attached hydrogens (primary N) is 1. The third-order valence-corrected chi connectivity index (χ3v) is 3.55. The van der Waals surface area contributed by atoms with Crippen LogP contribution in [0.25, 0.3) is 0 Å². The highest BCUT2D eigenvalue weighted by Gasteiger charge is 2.54. The number of ether oxygens (including phenoxy) is 4. The number of hydrogen-bond donors (Lipinski definition) is 1. The lowest BCUT2D eigenvalue weighted by atomic mass is 10.2. The van der Waals surface area contributed by atoms with Crippen molar-refractivity contribution in [3.8, 4) is 11.5 Å². The molecule has 1 aromatic rings. The van der Waals surface area contributed by atoms with Crippen molar-refractivity contribution in [3.63, 3.8) is 0 Å². The molecular weight excluding hydrogens is 314 g/mol. The lowest BCUT2D eigenvalue weighted by molar-refractivity contribution is -0.148. The van der Waals surface area contributed by atoms with Gasteiger partial charge in [0.15, 0.2) is 0 Å². The predicted octanol–water partition coefficient (Wildman–Crippen LogP) is 1.21. The summed E-state index contributed by atoms with van der Waals surface area (Å²) in [5, 5.41) is 0. The molecule has 0 saturated carbocycles. The van der Waals surface area contributed by atoms with Crippen LogP contribution in [0.1, 0.15) is 12.8 Å². The van der Waals surface area contributed by atoms with Gasteiger partial charge in [-0.2, -0.15) is 0 Å². The first kappa shape index (κ1) is 18.0. The first-order valence-electron chi connectivity index (χ1n) is 7.54. The number of carbonyl (C=O) groups excluding carboxylic acids is 2. The normalized spacial score (nSPS) is 19.9. The Kier molecular flexibility index (Phi) is 5.94. The van der Waals surface area contributed by atoms with Crippen molar-refractivity contribution < 1.29 is 28.5 Å². The van der Waals surface area contributed by atoms with Crippen LogP contribution < -0.4 is 15.2 Å². The van der Waals surface area contributed by atoms with Gasteiger partial charge in [0.1, 0.15) is 24.1 Å². The zero-order valence-electron chi connectivity index (χ0n) is 13.5. The predicted molar refractivity (Wildman–Crippen MR) is 85.7 cm³/mol. The summed E-state index contributed by atoms with van der Waals surface area (Å²) in [5.41, 5.74) is 4.72. The monoisotopic (exact) mass is 335 g/mol. The quantitative estimate of drug-likeness (QED) is 0.313. The van der Waals surface area contributed by atoms with E-state index in [1.54, 1.807) is 30.3 Å². The van der Waals surface area contributed by atoms with Gasteiger partial charge in [0.2, 0.25) is 5.60 Å². The smallest absolute Gasteiger partial charge is 0.344 e. The minimum Gasteiger partial charge on any atom is -0.490 e. The van der Waals surface area contributed by atoms with E-state index in [2.05, 4.69) is 11.3 Å². The molecule has 0 bridgehead atoms. The number of carbonyl (C=O) groups is 2. The molecule has 1 saturated heterocycles. The summed E-state index contributed by atoms with van der Waals surface area (Å²) in [6.07, 6.45) is 2.83. The van der Waals surface area contributed by atoms with Gasteiger partial charge in [-0.25, -0.2) is 9.59 Å². The van der Waals surface area contributed by atoms with Crippen LogP contribution in [0.4, 0.5) is 0 Å². The van der Waals surface area contributed by atoms with E-state index in [4.69, 9.17) is 19.9 Å². The molecule has 0 aliphatic carbocycles. The molecular formula is C17H21NO6. The zero-order valence-corrected chi connectivity index (χ0v) is 13.5. The Labute approximate surface area is 140 Å². The molecule has 1 heterocycles. The minimum atomic E-state index is -1.00. The van der Waals surface area contributed by atoms with E-state index in [0.717, 1.165) is 0 Å². The molecule has 0 amide bonds. The molecule has 1 fully saturated rings. The topological polar surface area (TPSA) is 100 Å². The first-order chi connectivity index (χ1) is 11.5. The lowest BCUT2D eigenvalue weighted by Crippen LogP contribution is -2.34. The van der Waals surface area contributed by atoms with Gasteiger partial charge in [-0.05, 0) is 37.1 Å². The molecule has 7 heteroatoms. The number of epoxide rings is 1. The van der Waals surface area contributed by atoms with Crippen molar-refractivity contribution in [3.05, 3.63) is 36.9 Å². The summed E-state index contributed by atoms with van der Waals surface area (Å²) >= 11 is 0. The van der Waals surface area contributed by atoms with Gasteiger partial charge in [0.05, 0.1) is 13.7 Å². The maximum atomic E-state index is 11.8. The average Bonchev–Trinajstić information content (AvgIpc) is 3.39. The highest BCUT2D eigenvalue weighted by molar-refractivity contribution is 5.82. The summed E-state index contributed by atoms with van der Waals surface area (Å²) in [4.78, 5) is 23.3. The van der Waals surface area contributed by atoms with Crippen LogP contribution in [-0.4, -0.2) is 43.9 Å². The molecule has 2 rings (SSSR count). The molecule has 0 radical (unpaired) electrons. The molecule has 1 aromatic carbocycles. The van der Waals surface area contributed by atoms with E-state index in [1.165, 1.54) is 7.11 Å². The highest BCUT2D eigenvalue weighted by atomic mass is 16.7. The number of benzene rings is 1. The van der Waals surface area contributed by atoms with Gasteiger partial charge in [0.25, 0.3) is 0 Å². The Morgan fingerprint density at radius 3 is 2.54 bits per heavy atom. The van der Waals surface area contributed by atoms with Crippen LogP contribution in [0, 0.1) is 0 Å². The maximum absolute atomic E-state index is 11.8. The van der Waals surface area contributed by atoms with Crippen molar-refractivity contribution in [1.82, 2.24) is 0 Å². The molecule has 130 valence electrons. The largest absolute Gasteiger partial charge is 0.490 e. The Morgan fingerprint density at radius 2 is 2.00 bits per heavy atom. The third-order valence-electron chi connectivity index (χ3n) is 3.55. The standard InChI is InChI=1S/C17H21NO6/c1-3-4-5-14(18)15(19)24-13-8-6-12(7-9-13)22-10-17(11-23-17)16(20)21-2/h3,6-9,14H,1,4-5,10-11,18H2,2H3. The molecule has 2 unspecified atom stereocenters. The van der Waals surface area contributed by atoms with Crippen LogP contribution in [0.2, 0.25) is 0 Å². The maximum Gasteiger partial charge on any atom is 0.344 e. The molecule has 2 N–H and O–H groups in total. The number of esters is 2. The van der Waals surface area contributed by atoms with Crippen LogP contribution in [0.15, 0.2) is 36.9 Å². The fourth-order valence-electron chi connectivity index (χ4n) is 1.94. The van der Waals surface area contributed by atoms with Crippen molar-refractivity contribution in [2.75, 3.05) is 20.3 Å². The van der Waals surface area contributed by atoms with Crippen LogP contribution in [0.5, 0.6) is 11.5 Å². The molecule has 1 aliphatic rings. The number of allylic oxidation sites excluding steroid dienone is 1. The molecule has 24 heavy (non-hydrogen) atoms. The number of rotatable bonds is 9. The number of methoxy groups -OCH3 is 1. The van der Waals surface area contributed by atoms with Crippen LogP contribution in [0.3, 0.4) is 0 Å². The first-order valence-corrected chi connectivity index (χ1v) is 7.54. The number of hydrogen-bond acceptors (Lipinski definition) is 7. The summed E-state index contributed by atoms with van der Waals surface area (Å²) in [6.45, 7) is 3.92. The van der Waals surface area contributed by atoms with Gasteiger partial charge < -0.3 is 24.7 Å². The Bertz CT molecular complexity index is 594. The summed E-state index contributed by atoms with van der Waals surface area (Å²) in [5.74, 6) is -0.0700. The lowest BCUT2D eigenvalue weighted by Gasteiger charge is -2.12. The van der Waals surface area contributed by atoms with Gasteiger partial charge in [-0.1, -0.05) is 6.08 Å². The molecule has 0 spiro atoms. The summed E-state index contributed by atoms with van der Waals surface area (Å²) in [7, 11) is 1.30. The van der Waals surface area contributed by atoms with Crippen molar-refractivity contribution in [1.29, 1.82) is 0 Å². The second kappa shape index (κ2) is 7.94. The van der Waals surface area contributed by atoms with Crippen molar-refractivity contribution >= 4 is 11.9 Å². The van der Waals surface area contributed by atoms with Gasteiger partial charge in [-0.3, -0.25) is 0 Å². The van der Waals surface area contributed by atoms with E-state index in [-0.39, 0.29) is 13.2 Å². The van der Waals surface area contributed by atoms with E-state index in [0.29, 0.717) is 24.3 Å². The molecule has 1 aliphatic heterocycles. The van der Waals surface area contributed by atoms with Crippen molar-refractivity contribution in [2.45, 2.75) is 24.5 Å². The fourth-order valence-corrected chi connectivity index (χ4v) is 1.94. The third kappa shape index (κ3) is 4.56.